The molecule has 0 aliphatic carbocycles. The Hall–Kier alpha value is -6.93. The molecule has 8 heteroatoms. The van der Waals surface area contributed by atoms with Crippen LogP contribution >= 0.6 is 0 Å². The SMILES string of the molecule is CCCCn1nc(-c2ccccc2)c(C(=O)OCC)c1Cc1ccc(-c2ccccc2-c2nnn(C(c3ccccc3)(c3ccccc3)c3ccccc3)n2)cc1. The zero-order valence-electron chi connectivity index (χ0n) is 32.2. The molecule has 2 aromatic heterocycles. The lowest BCUT2D eigenvalue weighted by Gasteiger charge is -2.34. The average Bonchev–Trinajstić information content (AvgIpc) is 3.91. The Labute approximate surface area is 333 Å². The number of tetrazole rings is 1. The van der Waals surface area contributed by atoms with Gasteiger partial charge in [0.15, 0.2) is 5.54 Å². The van der Waals surface area contributed by atoms with E-state index in [1.54, 1.807) is 4.80 Å². The van der Waals surface area contributed by atoms with Gasteiger partial charge in [0.05, 0.1) is 12.3 Å². The second-order valence-electron chi connectivity index (χ2n) is 14.0. The number of hydrogen-bond acceptors (Lipinski definition) is 6. The van der Waals surface area contributed by atoms with Crippen LogP contribution in [-0.2, 0) is 23.2 Å². The van der Waals surface area contributed by atoms with Gasteiger partial charge in [0.1, 0.15) is 11.3 Å². The number of benzene rings is 6. The minimum absolute atomic E-state index is 0.287. The number of esters is 1. The van der Waals surface area contributed by atoms with Gasteiger partial charge in [-0.2, -0.15) is 5.10 Å². The number of unbranched alkanes of at least 4 members (excludes halogenated alkanes) is 1. The molecule has 57 heavy (non-hydrogen) atoms. The van der Waals surface area contributed by atoms with E-state index in [1.807, 2.05) is 115 Å². The number of aryl methyl sites for hydroxylation is 1. The van der Waals surface area contributed by atoms with Gasteiger partial charge in [-0.1, -0.05) is 183 Å². The third-order valence-electron chi connectivity index (χ3n) is 10.4. The molecule has 2 heterocycles. The largest absolute Gasteiger partial charge is 0.462 e. The highest BCUT2D eigenvalue weighted by Gasteiger charge is 2.41. The molecule has 0 bridgehead atoms. The van der Waals surface area contributed by atoms with E-state index in [0.717, 1.165) is 63.0 Å². The molecule has 0 amide bonds. The second-order valence-corrected chi connectivity index (χ2v) is 14.0. The summed E-state index contributed by atoms with van der Waals surface area (Å²) >= 11 is 0. The monoisotopic (exact) mass is 748 g/mol. The molecule has 0 saturated carbocycles. The molecule has 6 aromatic carbocycles. The van der Waals surface area contributed by atoms with E-state index in [9.17, 15) is 4.79 Å². The molecular formula is C49H44N6O2. The van der Waals surface area contributed by atoms with E-state index in [-0.39, 0.29) is 12.6 Å². The van der Waals surface area contributed by atoms with Gasteiger partial charge in [-0.15, -0.1) is 15.0 Å². The van der Waals surface area contributed by atoms with Crippen molar-refractivity contribution in [1.82, 2.24) is 30.0 Å². The lowest BCUT2D eigenvalue weighted by molar-refractivity contribution is 0.0526. The third-order valence-corrected chi connectivity index (χ3v) is 10.4. The van der Waals surface area contributed by atoms with Crippen molar-refractivity contribution in [1.29, 1.82) is 0 Å². The topological polar surface area (TPSA) is 87.7 Å². The molecule has 0 N–H and O–H groups in total. The summed E-state index contributed by atoms with van der Waals surface area (Å²) in [5.41, 5.74) is 9.04. The number of hydrogen-bond donors (Lipinski definition) is 0. The summed E-state index contributed by atoms with van der Waals surface area (Å²) in [7, 11) is 0. The number of aromatic nitrogens is 6. The van der Waals surface area contributed by atoms with Crippen LogP contribution in [-0.4, -0.2) is 42.6 Å². The second kappa shape index (κ2) is 16.8. The summed E-state index contributed by atoms with van der Waals surface area (Å²) in [6.45, 7) is 4.99. The predicted octanol–water partition coefficient (Wildman–Crippen LogP) is 10.3. The molecule has 8 nitrogen and oxygen atoms in total. The molecule has 8 aromatic rings. The van der Waals surface area contributed by atoms with Crippen LogP contribution < -0.4 is 0 Å². The predicted molar refractivity (Wildman–Crippen MR) is 225 cm³/mol. The molecule has 282 valence electrons. The smallest absolute Gasteiger partial charge is 0.342 e. The first-order chi connectivity index (χ1) is 28.1. The van der Waals surface area contributed by atoms with Crippen LogP contribution in [0.25, 0.3) is 33.8 Å². The van der Waals surface area contributed by atoms with Gasteiger partial charge in [0.2, 0.25) is 5.82 Å². The van der Waals surface area contributed by atoms with Crippen molar-refractivity contribution in [3.05, 3.63) is 203 Å². The highest BCUT2D eigenvalue weighted by molar-refractivity contribution is 5.97. The molecule has 0 atom stereocenters. The first-order valence-electron chi connectivity index (χ1n) is 19.6. The zero-order valence-corrected chi connectivity index (χ0v) is 32.2. The Morgan fingerprint density at radius 2 is 1.16 bits per heavy atom. The summed E-state index contributed by atoms with van der Waals surface area (Å²) < 4.78 is 7.60. The van der Waals surface area contributed by atoms with Crippen LogP contribution in [0.3, 0.4) is 0 Å². The average molecular weight is 749 g/mol. The van der Waals surface area contributed by atoms with E-state index in [4.69, 9.17) is 25.2 Å². The van der Waals surface area contributed by atoms with E-state index < -0.39 is 5.54 Å². The van der Waals surface area contributed by atoms with Crippen LogP contribution in [0.1, 0.15) is 65.0 Å². The van der Waals surface area contributed by atoms with Crippen LogP contribution in [0, 0.1) is 0 Å². The van der Waals surface area contributed by atoms with Crippen LogP contribution in [0.4, 0.5) is 0 Å². The molecule has 0 spiro atoms. The number of carbonyl (C=O) groups excluding carboxylic acids is 1. The van der Waals surface area contributed by atoms with Gasteiger partial charge in [-0.3, -0.25) is 4.68 Å². The highest BCUT2D eigenvalue weighted by atomic mass is 16.5. The maximum Gasteiger partial charge on any atom is 0.342 e. The molecule has 0 radical (unpaired) electrons. The Balaban J connectivity index is 1.17. The Kier molecular flexibility index (Phi) is 10.9. The van der Waals surface area contributed by atoms with Crippen molar-refractivity contribution in [3.8, 4) is 33.8 Å². The first kappa shape index (κ1) is 37.0. The van der Waals surface area contributed by atoms with Crippen LogP contribution in [0.15, 0.2) is 170 Å². The van der Waals surface area contributed by atoms with Crippen molar-refractivity contribution in [2.75, 3.05) is 6.61 Å². The molecule has 8 rings (SSSR count). The molecule has 0 aliphatic rings. The third kappa shape index (κ3) is 7.30. The standard InChI is InChI=1S/C49H44N6O2/c1-3-5-34-54-44(45(48(56)57-4-2)46(51-54)38-20-10-6-11-21-38)35-36-30-32-37(33-31-36)42-28-18-19-29-43(42)47-50-53-55(52-47)49(39-22-12-7-13-23-39,40-24-14-8-15-25-40)41-26-16-9-17-27-41/h6-33H,3-5,34-35H2,1-2H3. The fourth-order valence-electron chi connectivity index (χ4n) is 7.66. The van der Waals surface area contributed by atoms with Gasteiger partial charge in [0.25, 0.3) is 0 Å². The maximum atomic E-state index is 13.6. The van der Waals surface area contributed by atoms with Gasteiger partial charge in [-0.25, -0.2) is 4.79 Å². The Morgan fingerprint density at radius 3 is 1.72 bits per heavy atom. The number of carbonyl (C=O) groups is 1. The number of ether oxygens (including phenoxy) is 1. The lowest BCUT2D eigenvalue weighted by Crippen LogP contribution is -2.39. The highest BCUT2D eigenvalue weighted by Crippen LogP contribution is 2.40. The summed E-state index contributed by atoms with van der Waals surface area (Å²) in [6, 6.07) is 57.6. The van der Waals surface area contributed by atoms with Crippen molar-refractivity contribution in [2.24, 2.45) is 0 Å². The minimum atomic E-state index is -0.877. The van der Waals surface area contributed by atoms with Crippen molar-refractivity contribution in [3.63, 3.8) is 0 Å². The van der Waals surface area contributed by atoms with Gasteiger partial charge in [0, 0.05) is 24.1 Å². The van der Waals surface area contributed by atoms with Gasteiger partial charge in [-0.05, 0) is 51.9 Å². The van der Waals surface area contributed by atoms with E-state index >= 15 is 0 Å². The molecule has 0 unspecified atom stereocenters. The number of nitrogens with zero attached hydrogens (tertiary/aromatic N) is 6. The quantitative estimate of drug-likeness (QED) is 0.0813. The van der Waals surface area contributed by atoms with E-state index in [0.29, 0.717) is 30.0 Å². The summed E-state index contributed by atoms with van der Waals surface area (Å²) in [6.07, 6.45) is 2.48. The van der Waals surface area contributed by atoms with Gasteiger partial charge >= 0.3 is 5.97 Å². The maximum absolute atomic E-state index is 13.6. The summed E-state index contributed by atoms with van der Waals surface area (Å²) in [5.74, 6) is 0.171. The van der Waals surface area contributed by atoms with Crippen LogP contribution in [0.2, 0.25) is 0 Å². The Morgan fingerprint density at radius 1 is 0.614 bits per heavy atom. The summed E-state index contributed by atoms with van der Waals surface area (Å²) in [4.78, 5) is 15.3. The van der Waals surface area contributed by atoms with Crippen molar-refractivity contribution < 1.29 is 9.53 Å². The van der Waals surface area contributed by atoms with Crippen molar-refractivity contribution >= 4 is 5.97 Å². The van der Waals surface area contributed by atoms with Crippen LogP contribution in [0.5, 0.6) is 0 Å². The summed E-state index contributed by atoms with van der Waals surface area (Å²) in [5, 5.41) is 19.7. The zero-order chi connectivity index (χ0) is 39.0. The fourth-order valence-corrected chi connectivity index (χ4v) is 7.66. The van der Waals surface area contributed by atoms with E-state index in [1.165, 1.54) is 0 Å². The minimum Gasteiger partial charge on any atom is -0.462 e. The Bertz CT molecular complexity index is 2450. The molecular weight excluding hydrogens is 705 g/mol. The van der Waals surface area contributed by atoms with Gasteiger partial charge < -0.3 is 4.74 Å². The number of rotatable bonds is 14. The van der Waals surface area contributed by atoms with E-state index in [2.05, 4.69) is 73.7 Å². The molecule has 0 fully saturated rings. The molecule has 0 aliphatic heterocycles. The van der Waals surface area contributed by atoms with Crippen molar-refractivity contribution in [2.45, 2.75) is 45.2 Å². The first-order valence-corrected chi connectivity index (χ1v) is 19.6. The lowest BCUT2D eigenvalue weighted by atomic mass is 9.77. The molecule has 0 saturated heterocycles. The normalized spacial score (nSPS) is 11.4. The fraction of sp³-hybridized carbons (Fsp3) is 0.163.